The van der Waals surface area contributed by atoms with Gasteiger partial charge in [-0.25, -0.2) is 0 Å². The molecule has 0 aliphatic heterocycles. The van der Waals surface area contributed by atoms with Gasteiger partial charge in [-0.15, -0.1) is 0 Å². The maximum atomic E-state index is 11.5. The number of carboxylic acids is 1. The molecule has 1 rings (SSSR count). The first kappa shape index (κ1) is 26.0. The third kappa shape index (κ3) is 14.9. The average Bonchev–Trinajstić information content (AvgIpc) is 2.74. The molecule has 0 saturated carbocycles. The van der Waals surface area contributed by atoms with Gasteiger partial charge in [0.15, 0.2) is 0 Å². The van der Waals surface area contributed by atoms with E-state index in [0.29, 0.717) is 32.7 Å². The zero-order valence-corrected chi connectivity index (χ0v) is 18.4. The van der Waals surface area contributed by atoms with Crippen LogP contribution in [0.15, 0.2) is 24.3 Å². The third-order valence-electron chi connectivity index (χ3n) is 4.75. The molecule has 0 aliphatic rings. The van der Waals surface area contributed by atoms with Gasteiger partial charge in [0.05, 0.1) is 13.2 Å². The fraction of sp³-hybridized carbons (Fsp3) is 0.667. The highest BCUT2D eigenvalue weighted by atomic mass is 16.6. The van der Waals surface area contributed by atoms with Gasteiger partial charge in [0, 0.05) is 12.8 Å². The van der Waals surface area contributed by atoms with E-state index in [1.807, 2.05) is 12.1 Å². The van der Waals surface area contributed by atoms with Crippen LogP contribution in [0.5, 0.6) is 5.75 Å². The lowest BCUT2D eigenvalue weighted by molar-refractivity contribution is -0.145. The zero-order chi connectivity index (χ0) is 21.9. The number of esters is 1. The van der Waals surface area contributed by atoms with Crippen molar-refractivity contribution >= 4 is 11.9 Å². The van der Waals surface area contributed by atoms with E-state index in [9.17, 15) is 9.59 Å². The maximum absolute atomic E-state index is 11.5. The van der Waals surface area contributed by atoms with Crippen molar-refractivity contribution in [2.75, 3.05) is 26.4 Å². The number of hydrogen-bond donors (Lipinski definition) is 1. The fourth-order valence-corrected chi connectivity index (χ4v) is 3.01. The standard InChI is InChI=1S/C24H38O6/c1-2-3-4-5-6-7-10-21-13-15-22(16-14-21)29-19-17-28-18-20-30-24(27)12-9-8-11-23(25)26/h13-16H,2-12,17-20H2,1H3,(H,25,26). The Morgan fingerprint density at radius 3 is 2.20 bits per heavy atom. The van der Waals surface area contributed by atoms with Crippen LogP contribution in [0, 0.1) is 0 Å². The predicted octanol–water partition coefficient (Wildman–Crippen LogP) is 5.17. The molecule has 170 valence electrons. The summed E-state index contributed by atoms with van der Waals surface area (Å²) in [4.78, 5) is 21.8. The highest BCUT2D eigenvalue weighted by Gasteiger charge is 2.04. The Morgan fingerprint density at radius 1 is 0.800 bits per heavy atom. The molecule has 1 aromatic carbocycles. The number of carboxylic acid groups (broad SMARTS) is 1. The number of aliphatic carboxylic acids is 1. The summed E-state index contributed by atoms with van der Waals surface area (Å²) >= 11 is 0. The van der Waals surface area contributed by atoms with Gasteiger partial charge in [-0.2, -0.15) is 0 Å². The third-order valence-corrected chi connectivity index (χ3v) is 4.75. The Kier molecular flexibility index (Phi) is 15.4. The van der Waals surface area contributed by atoms with Crippen LogP contribution >= 0.6 is 0 Å². The van der Waals surface area contributed by atoms with E-state index >= 15 is 0 Å². The van der Waals surface area contributed by atoms with Crippen molar-refractivity contribution in [3.05, 3.63) is 29.8 Å². The smallest absolute Gasteiger partial charge is 0.305 e. The first-order chi connectivity index (χ1) is 14.6. The SMILES string of the molecule is CCCCCCCCc1ccc(OCCOCCOC(=O)CCCCC(=O)O)cc1. The summed E-state index contributed by atoms with van der Waals surface area (Å²) < 4.78 is 16.1. The topological polar surface area (TPSA) is 82.1 Å². The molecule has 0 aromatic heterocycles. The normalized spacial score (nSPS) is 10.7. The number of unbranched alkanes of at least 4 members (excludes halogenated alkanes) is 6. The minimum atomic E-state index is -0.844. The van der Waals surface area contributed by atoms with Crippen LogP contribution in [0.3, 0.4) is 0 Å². The van der Waals surface area contributed by atoms with Gasteiger partial charge in [-0.3, -0.25) is 9.59 Å². The van der Waals surface area contributed by atoms with Crippen molar-refractivity contribution in [2.24, 2.45) is 0 Å². The fourth-order valence-electron chi connectivity index (χ4n) is 3.01. The Morgan fingerprint density at radius 2 is 1.47 bits per heavy atom. The van der Waals surface area contributed by atoms with Gasteiger partial charge < -0.3 is 19.3 Å². The average molecular weight is 423 g/mol. The van der Waals surface area contributed by atoms with E-state index in [4.69, 9.17) is 19.3 Å². The number of ether oxygens (including phenoxy) is 3. The van der Waals surface area contributed by atoms with Gasteiger partial charge in [-0.05, 0) is 43.4 Å². The second-order valence-electron chi connectivity index (χ2n) is 7.44. The van der Waals surface area contributed by atoms with Gasteiger partial charge in [0.25, 0.3) is 0 Å². The quantitative estimate of drug-likeness (QED) is 0.245. The molecule has 0 saturated heterocycles. The largest absolute Gasteiger partial charge is 0.491 e. The van der Waals surface area contributed by atoms with Crippen LogP contribution in [-0.4, -0.2) is 43.5 Å². The second kappa shape index (κ2) is 17.8. The maximum Gasteiger partial charge on any atom is 0.305 e. The van der Waals surface area contributed by atoms with Crippen LogP contribution in [0.1, 0.15) is 76.7 Å². The monoisotopic (exact) mass is 422 g/mol. The van der Waals surface area contributed by atoms with Gasteiger partial charge in [-0.1, -0.05) is 51.2 Å². The van der Waals surface area contributed by atoms with Crippen molar-refractivity contribution < 1.29 is 28.9 Å². The number of rotatable bonds is 19. The van der Waals surface area contributed by atoms with Gasteiger partial charge >= 0.3 is 11.9 Å². The molecule has 0 bridgehead atoms. The van der Waals surface area contributed by atoms with E-state index in [1.54, 1.807) is 0 Å². The number of aryl methyl sites for hydroxylation is 1. The lowest BCUT2D eigenvalue weighted by Crippen LogP contribution is -2.13. The highest BCUT2D eigenvalue weighted by molar-refractivity contribution is 5.69. The molecule has 0 heterocycles. The van der Waals surface area contributed by atoms with E-state index < -0.39 is 5.97 Å². The number of carbonyl (C=O) groups excluding carboxylic acids is 1. The summed E-state index contributed by atoms with van der Waals surface area (Å²) in [6, 6.07) is 8.24. The second-order valence-corrected chi connectivity index (χ2v) is 7.44. The summed E-state index contributed by atoms with van der Waals surface area (Å²) in [7, 11) is 0. The summed E-state index contributed by atoms with van der Waals surface area (Å²) in [6.45, 7) is 3.63. The van der Waals surface area contributed by atoms with Gasteiger partial charge in [0.1, 0.15) is 19.0 Å². The zero-order valence-electron chi connectivity index (χ0n) is 18.4. The Hall–Kier alpha value is -2.08. The molecular weight excluding hydrogens is 384 g/mol. The number of benzene rings is 1. The van der Waals surface area contributed by atoms with Crippen LogP contribution in [0.2, 0.25) is 0 Å². The lowest BCUT2D eigenvalue weighted by Gasteiger charge is -2.09. The van der Waals surface area contributed by atoms with Crippen LogP contribution in [0.25, 0.3) is 0 Å². The predicted molar refractivity (Wildman–Crippen MR) is 117 cm³/mol. The summed E-state index contributed by atoms with van der Waals surface area (Å²) in [5.74, 6) is -0.331. The van der Waals surface area contributed by atoms with E-state index in [0.717, 1.165) is 12.2 Å². The summed E-state index contributed by atoms with van der Waals surface area (Å²) in [6.07, 6.45) is 10.3. The van der Waals surface area contributed by atoms with E-state index in [2.05, 4.69) is 19.1 Å². The molecule has 1 aromatic rings. The van der Waals surface area contributed by atoms with Crippen LogP contribution in [-0.2, 0) is 25.5 Å². The molecule has 0 unspecified atom stereocenters. The highest BCUT2D eigenvalue weighted by Crippen LogP contribution is 2.15. The van der Waals surface area contributed by atoms with Crippen molar-refractivity contribution in [1.29, 1.82) is 0 Å². The van der Waals surface area contributed by atoms with Crippen molar-refractivity contribution in [2.45, 2.75) is 77.6 Å². The Balaban J connectivity index is 1.97. The van der Waals surface area contributed by atoms with Crippen LogP contribution < -0.4 is 4.74 Å². The minimum Gasteiger partial charge on any atom is -0.491 e. The van der Waals surface area contributed by atoms with Crippen LogP contribution in [0.4, 0.5) is 0 Å². The molecule has 0 aliphatic carbocycles. The van der Waals surface area contributed by atoms with Crippen molar-refractivity contribution in [1.82, 2.24) is 0 Å². The number of hydrogen-bond acceptors (Lipinski definition) is 5. The minimum absolute atomic E-state index is 0.0816. The van der Waals surface area contributed by atoms with Crippen molar-refractivity contribution in [3.8, 4) is 5.75 Å². The first-order valence-electron chi connectivity index (χ1n) is 11.3. The summed E-state index contributed by atoms with van der Waals surface area (Å²) in [5, 5.41) is 8.53. The Bertz CT molecular complexity index is 570. The van der Waals surface area contributed by atoms with E-state index in [1.165, 1.54) is 44.1 Å². The number of carbonyl (C=O) groups is 2. The molecule has 0 atom stereocenters. The molecule has 0 spiro atoms. The molecular formula is C24H38O6. The first-order valence-corrected chi connectivity index (χ1v) is 11.3. The van der Waals surface area contributed by atoms with E-state index in [-0.39, 0.29) is 25.4 Å². The molecule has 0 fully saturated rings. The molecule has 6 nitrogen and oxygen atoms in total. The molecule has 0 radical (unpaired) electrons. The van der Waals surface area contributed by atoms with Crippen molar-refractivity contribution in [3.63, 3.8) is 0 Å². The molecule has 30 heavy (non-hydrogen) atoms. The Labute approximate surface area is 180 Å². The molecule has 1 N–H and O–H groups in total. The molecule has 6 heteroatoms. The molecule has 0 amide bonds. The summed E-state index contributed by atoms with van der Waals surface area (Å²) in [5.41, 5.74) is 1.35. The van der Waals surface area contributed by atoms with Gasteiger partial charge in [0.2, 0.25) is 0 Å². The lowest BCUT2D eigenvalue weighted by atomic mass is 10.0.